The number of carboxylic acids is 1. The highest BCUT2D eigenvalue weighted by Gasteiger charge is 2.33. The minimum absolute atomic E-state index is 0.0981. The van der Waals surface area contributed by atoms with Gasteiger partial charge in [-0.25, -0.2) is 0 Å². The van der Waals surface area contributed by atoms with E-state index in [1.165, 1.54) is 0 Å². The number of benzene rings is 1. The van der Waals surface area contributed by atoms with Crippen LogP contribution in [0.15, 0.2) is 24.3 Å². The van der Waals surface area contributed by atoms with E-state index in [0.717, 1.165) is 18.5 Å². The summed E-state index contributed by atoms with van der Waals surface area (Å²) in [7, 11) is 1.97. The van der Waals surface area contributed by atoms with E-state index in [1.54, 1.807) is 0 Å². The summed E-state index contributed by atoms with van der Waals surface area (Å²) >= 11 is 5.85. The van der Waals surface area contributed by atoms with Crippen LogP contribution in [0.2, 0.25) is 5.02 Å². The number of hydrogen-bond acceptors (Lipinski definition) is 2. The van der Waals surface area contributed by atoms with Gasteiger partial charge in [-0.15, -0.1) is 0 Å². The van der Waals surface area contributed by atoms with Crippen molar-refractivity contribution in [3.63, 3.8) is 0 Å². The highest BCUT2D eigenvalue weighted by molar-refractivity contribution is 6.30. The molecular formula is C13H16ClNO2. The van der Waals surface area contributed by atoms with E-state index in [2.05, 4.69) is 4.90 Å². The highest BCUT2D eigenvalue weighted by atomic mass is 35.5. The summed E-state index contributed by atoms with van der Waals surface area (Å²) in [5.74, 6) is -0.938. The summed E-state index contributed by atoms with van der Waals surface area (Å²) < 4.78 is 0. The molecule has 1 N–H and O–H groups in total. The van der Waals surface area contributed by atoms with Gasteiger partial charge in [0.2, 0.25) is 0 Å². The summed E-state index contributed by atoms with van der Waals surface area (Å²) in [6.07, 6.45) is 0.884. The van der Waals surface area contributed by atoms with E-state index in [4.69, 9.17) is 11.6 Å². The van der Waals surface area contributed by atoms with Crippen LogP contribution >= 0.6 is 11.6 Å². The molecule has 1 aliphatic rings. The molecule has 0 bridgehead atoms. The zero-order chi connectivity index (χ0) is 12.4. The van der Waals surface area contributed by atoms with Gasteiger partial charge in [0.15, 0.2) is 0 Å². The van der Waals surface area contributed by atoms with E-state index < -0.39 is 5.97 Å². The molecular weight excluding hydrogens is 238 g/mol. The maximum Gasteiger partial charge on any atom is 0.308 e. The summed E-state index contributed by atoms with van der Waals surface area (Å²) in [6.45, 7) is 1.56. The zero-order valence-corrected chi connectivity index (χ0v) is 10.5. The number of aliphatic carboxylic acids is 1. The van der Waals surface area contributed by atoms with Crippen molar-refractivity contribution < 1.29 is 9.90 Å². The van der Waals surface area contributed by atoms with Crippen LogP contribution in [0.1, 0.15) is 17.9 Å². The Morgan fingerprint density at radius 1 is 1.41 bits per heavy atom. The van der Waals surface area contributed by atoms with Gasteiger partial charge in [-0.1, -0.05) is 23.7 Å². The number of hydrogen-bond donors (Lipinski definition) is 1. The molecule has 92 valence electrons. The molecule has 1 fully saturated rings. The van der Waals surface area contributed by atoms with Gasteiger partial charge in [0.05, 0.1) is 5.92 Å². The monoisotopic (exact) mass is 253 g/mol. The Kier molecular flexibility index (Phi) is 3.69. The Labute approximate surface area is 106 Å². The number of halogens is 1. The fraction of sp³-hybridized carbons (Fsp3) is 0.462. The first-order valence-corrected chi connectivity index (χ1v) is 6.12. The minimum Gasteiger partial charge on any atom is -0.481 e. The molecule has 0 aliphatic carbocycles. The average Bonchev–Trinajstić information content (AvgIpc) is 2.30. The molecule has 0 amide bonds. The number of piperidine rings is 1. The fourth-order valence-corrected chi connectivity index (χ4v) is 2.60. The van der Waals surface area contributed by atoms with E-state index >= 15 is 0 Å². The average molecular weight is 254 g/mol. The molecule has 3 nitrogen and oxygen atoms in total. The Balaban J connectivity index is 2.23. The smallest absolute Gasteiger partial charge is 0.308 e. The first kappa shape index (κ1) is 12.4. The summed E-state index contributed by atoms with van der Waals surface area (Å²) in [4.78, 5) is 13.4. The number of carbonyl (C=O) groups is 1. The van der Waals surface area contributed by atoms with Crippen LogP contribution in [0.3, 0.4) is 0 Å². The van der Waals surface area contributed by atoms with Crippen molar-refractivity contribution in [2.75, 3.05) is 20.1 Å². The maximum atomic E-state index is 11.3. The lowest BCUT2D eigenvalue weighted by atomic mass is 9.80. The number of likely N-dealkylation sites (tertiary alicyclic amines) is 1. The van der Waals surface area contributed by atoms with Gasteiger partial charge in [-0.05, 0) is 43.6 Å². The number of nitrogens with zero attached hydrogens (tertiary/aromatic N) is 1. The van der Waals surface area contributed by atoms with Gasteiger partial charge in [-0.2, -0.15) is 0 Å². The summed E-state index contributed by atoms with van der Waals surface area (Å²) in [5, 5.41) is 9.98. The van der Waals surface area contributed by atoms with Crippen LogP contribution in [0, 0.1) is 5.92 Å². The molecule has 17 heavy (non-hydrogen) atoms. The molecule has 0 radical (unpaired) electrons. The second-order valence-corrected chi connectivity index (χ2v) is 5.09. The zero-order valence-electron chi connectivity index (χ0n) is 9.77. The largest absolute Gasteiger partial charge is 0.481 e. The van der Waals surface area contributed by atoms with Gasteiger partial charge >= 0.3 is 5.97 Å². The Morgan fingerprint density at radius 3 is 2.65 bits per heavy atom. The molecule has 1 aromatic rings. The van der Waals surface area contributed by atoms with Crippen molar-refractivity contribution in [2.45, 2.75) is 12.3 Å². The molecule has 0 spiro atoms. The molecule has 0 unspecified atom stereocenters. The van der Waals surface area contributed by atoms with Crippen molar-refractivity contribution >= 4 is 17.6 Å². The van der Waals surface area contributed by atoms with E-state index in [9.17, 15) is 9.90 Å². The Morgan fingerprint density at radius 2 is 2.06 bits per heavy atom. The molecule has 2 atom stereocenters. The van der Waals surface area contributed by atoms with E-state index in [1.807, 2.05) is 31.3 Å². The molecule has 0 aromatic heterocycles. The summed E-state index contributed by atoms with van der Waals surface area (Å²) in [6, 6.07) is 7.53. The predicted octanol–water partition coefficient (Wildman–Crippen LogP) is 2.46. The van der Waals surface area contributed by atoms with E-state index in [-0.39, 0.29) is 11.8 Å². The van der Waals surface area contributed by atoms with Gasteiger partial charge < -0.3 is 10.0 Å². The highest BCUT2D eigenvalue weighted by Crippen LogP contribution is 2.33. The van der Waals surface area contributed by atoms with E-state index in [0.29, 0.717) is 11.6 Å². The topological polar surface area (TPSA) is 40.5 Å². The second-order valence-electron chi connectivity index (χ2n) is 4.65. The molecule has 1 saturated heterocycles. The lowest BCUT2D eigenvalue weighted by molar-refractivity contribution is -0.144. The quantitative estimate of drug-likeness (QED) is 0.880. The van der Waals surface area contributed by atoms with Crippen LogP contribution in [0.25, 0.3) is 0 Å². The predicted molar refractivity (Wildman–Crippen MR) is 67.4 cm³/mol. The van der Waals surface area contributed by atoms with Crippen molar-refractivity contribution in [3.05, 3.63) is 34.9 Å². The number of carboxylic acid groups (broad SMARTS) is 1. The fourth-order valence-electron chi connectivity index (χ4n) is 2.47. The normalized spacial score (nSPS) is 25.8. The van der Waals surface area contributed by atoms with Crippen molar-refractivity contribution in [3.8, 4) is 0 Å². The third kappa shape index (κ3) is 2.79. The van der Waals surface area contributed by atoms with Crippen LogP contribution in [-0.4, -0.2) is 36.1 Å². The van der Waals surface area contributed by atoms with Crippen LogP contribution < -0.4 is 0 Å². The maximum absolute atomic E-state index is 11.3. The van der Waals surface area contributed by atoms with Gasteiger partial charge in [0, 0.05) is 11.6 Å². The van der Waals surface area contributed by atoms with Crippen LogP contribution in [0.4, 0.5) is 0 Å². The molecule has 2 rings (SSSR count). The molecule has 1 aliphatic heterocycles. The SMILES string of the molecule is CN1CC[C@H](c2ccc(Cl)cc2)[C@@H](C(=O)O)C1. The van der Waals surface area contributed by atoms with Gasteiger partial charge in [0.1, 0.15) is 0 Å². The standard InChI is InChI=1S/C13H16ClNO2/c1-15-7-6-11(12(8-15)13(16)17)9-2-4-10(14)5-3-9/h2-5,11-12H,6-8H2,1H3,(H,16,17)/t11-,12+/m1/s1. The third-order valence-electron chi connectivity index (χ3n) is 3.43. The number of rotatable bonds is 2. The first-order valence-electron chi connectivity index (χ1n) is 5.74. The minimum atomic E-state index is -0.712. The molecule has 4 heteroatoms. The van der Waals surface area contributed by atoms with Crippen LogP contribution in [0.5, 0.6) is 0 Å². The second kappa shape index (κ2) is 5.07. The van der Waals surface area contributed by atoms with Crippen molar-refractivity contribution in [1.29, 1.82) is 0 Å². The lowest BCUT2D eigenvalue weighted by Gasteiger charge is -2.34. The van der Waals surface area contributed by atoms with Gasteiger partial charge in [0.25, 0.3) is 0 Å². The van der Waals surface area contributed by atoms with Crippen LogP contribution in [-0.2, 0) is 4.79 Å². The summed E-state index contributed by atoms with van der Waals surface area (Å²) in [5.41, 5.74) is 1.08. The van der Waals surface area contributed by atoms with Crippen molar-refractivity contribution in [1.82, 2.24) is 4.90 Å². The first-order chi connectivity index (χ1) is 8.08. The third-order valence-corrected chi connectivity index (χ3v) is 3.68. The molecule has 0 saturated carbocycles. The Bertz CT molecular complexity index is 404. The molecule has 1 aromatic carbocycles. The van der Waals surface area contributed by atoms with Crippen molar-refractivity contribution in [2.24, 2.45) is 5.92 Å². The Hall–Kier alpha value is -1.06. The molecule has 1 heterocycles. The van der Waals surface area contributed by atoms with Gasteiger partial charge in [-0.3, -0.25) is 4.79 Å². The lowest BCUT2D eigenvalue weighted by Crippen LogP contribution is -2.40.